The minimum absolute atomic E-state index is 0.00961. The smallest absolute Gasteiger partial charge is 0.177 e. The lowest BCUT2D eigenvalue weighted by molar-refractivity contribution is 0.330. The summed E-state index contributed by atoms with van der Waals surface area (Å²) in [6.45, 7) is 11.3. The van der Waals surface area contributed by atoms with Crippen LogP contribution in [0.4, 0.5) is 0 Å². The molecular weight excluding hydrogens is 568 g/mol. The summed E-state index contributed by atoms with van der Waals surface area (Å²) in [5.41, 5.74) is 5.65. The van der Waals surface area contributed by atoms with Gasteiger partial charge in [0.2, 0.25) is 0 Å². The van der Waals surface area contributed by atoms with Crippen LogP contribution in [0.25, 0.3) is 0 Å². The normalized spacial score (nSPS) is 12.1. The molecule has 260 valence electrons. The summed E-state index contributed by atoms with van der Waals surface area (Å²) >= 11 is 0. The van der Waals surface area contributed by atoms with Crippen LogP contribution in [0.1, 0.15) is 191 Å². The third-order valence-corrected chi connectivity index (χ3v) is 9.94. The molecule has 1 aliphatic rings. The number of phenols is 2. The largest absolute Gasteiger partial charge is 0.504 e. The molecule has 0 saturated carbocycles. The number of hydrogen-bond donors (Lipinski definition) is 2. The van der Waals surface area contributed by atoms with Gasteiger partial charge < -0.3 is 19.7 Å². The molecule has 0 spiro atoms. The van der Waals surface area contributed by atoms with Crippen molar-refractivity contribution < 1.29 is 19.7 Å². The molecule has 0 unspecified atom stereocenters. The highest BCUT2D eigenvalue weighted by molar-refractivity contribution is 5.71. The van der Waals surface area contributed by atoms with Gasteiger partial charge in [-0.25, -0.2) is 0 Å². The topological polar surface area (TPSA) is 58.9 Å². The first-order valence-electron chi connectivity index (χ1n) is 19.6. The molecule has 4 heteroatoms. The Morgan fingerprint density at radius 1 is 0.391 bits per heavy atom. The lowest BCUT2D eigenvalue weighted by atomic mass is 9.88. The molecular formula is C42H68O4. The molecule has 0 amide bonds. The van der Waals surface area contributed by atoms with Gasteiger partial charge in [-0.15, -0.1) is 0 Å². The molecule has 3 rings (SSSR count). The zero-order valence-electron chi connectivity index (χ0n) is 30.5. The number of aromatic hydroxyl groups is 2. The van der Waals surface area contributed by atoms with Crippen LogP contribution in [0, 0.1) is 0 Å². The van der Waals surface area contributed by atoms with E-state index in [0.29, 0.717) is 35.5 Å². The van der Waals surface area contributed by atoms with Crippen LogP contribution in [0.15, 0.2) is 6.07 Å². The fourth-order valence-electron chi connectivity index (χ4n) is 7.10. The average Bonchev–Trinajstić information content (AvgIpc) is 3.06. The minimum Gasteiger partial charge on any atom is -0.504 e. The van der Waals surface area contributed by atoms with Crippen molar-refractivity contribution in [1.29, 1.82) is 0 Å². The summed E-state index contributed by atoms with van der Waals surface area (Å²) in [6, 6.07) is 2.28. The molecule has 46 heavy (non-hydrogen) atoms. The molecule has 1 heterocycles. The van der Waals surface area contributed by atoms with Crippen LogP contribution in [-0.2, 0) is 32.1 Å². The van der Waals surface area contributed by atoms with Gasteiger partial charge in [0, 0.05) is 16.7 Å². The average molecular weight is 637 g/mol. The van der Waals surface area contributed by atoms with E-state index in [1.165, 1.54) is 87.3 Å². The van der Waals surface area contributed by atoms with Crippen molar-refractivity contribution in [2.45, 2.75) is 195 Å². The zero-order valence-corrected chi connectivity index (χ0v) is 30.5. The SMILES string of the molecule is CCCCCCc1cc2c(c(CCCCCC)c1CCCCCC)Oc1c(CCCCCC)c(O)c(O)c(CCCCCC)c1O2. The molecule has 0 fully saturated rings. The van der Waals surface area contributed by atoms with E-state index in [-0.39, 0.29) is 11.5 Å². The molecule has 2 aromatic carbocycles. The van der Waals surface area contributed by atoms with E-state index in [2.05, 4.69) is 40.7 Å². The Morgan fingerprint density at radius 2 is 0.761 bits per heavy atom. The van der Waals surface area contributed by atoms with Crippen LogP contribution in [0.5, 0.6) is 34.5 Å². The Balaban J connectivity index is 2.13. The van der Waals surface area contributed by atoms with Crippen LogP contribution in [0.3, 0.4) is 0 Å². The van der Waals surface area contributed by atoms with Crippen LogP contribution < -0.4 is 9.47 Å². The molecule has 0 aromatic heterocycles. The predicted molar refractivity (Wildman–Crippen MR) is 196 cm³/mol. The molecule has 0 radical (unpaired) electrons. The molecule has 2 N–H and O–H groups in total. The van der Waals surface area contributed by atoms with Gasteiger partial charge >= 0.3 is 0 Å². The Bertz CT molecular complexity index is 1170. The maximum atomic E-state index is 11.4. The Labute approximate surface area is 282 Å². The zero-order chi connectivity index (χ0) is 33.1. The fourth-order valence-corrected chi connectivity index (χ4v) is 7.10. The fraction of sp³-hybridized carbons (Fsp3) is 0.714. The predicted octanol–water partition coefficient (Wildman–Crippen LogP) is 13.6. The van der Waals surface area contributed by atoms with E-state index in [4.69, 9.17) is 9.47 Å². The van der Waals surface area contributed by atoms with Crippen molar-refractivity contribution >= 4 is 0 Å². The first-order chi connectivity index (χ1) is 22.5. The summed E-state index contributed by atoms with van der Waals surface area (Å²) in [5.74, 6) is 2.92. The summed E-state index contributed by atoms with van der Waals surface area (Å²) in [6.07, 6.45) is 28.0. The van der Waals surface area contributed by atoms with E-state index in [0.717, 1.165) is 88.5 Å². The molecule has 2 aromatic rings. The van der Waals surface area contributed by atoms with E-state index >= 15 is 0 Å². The number of ether oxygens (including phenoxy) is 2. The highest BCUT2D eigenvalue weighted by Crippen LogP contribution is 2.57. The van der Waals surface area contributed by atoms with Crippen molar-refractivity contribution in [2.75, 3.05) is 0 Å². The Kier molecular flexibility index (Phi) is 17.8. The highest BCUT2D eigenvalue weighted by atomic mass is 16.6. The van der Waals surface area contributed by atoms with Gasteiger partial charge in [0.1, 0.15) is 0 Å². The molecule has 0 bridgehead atoms. The summed E-state index contributed by atoms with van der Waals surface area (Å²) in [7, 11) is 0. The van der Waals surface area contributed by atoms with Gasteiger partial charge in [-0.1, -0.05) is 131 Å². The summed E-state index contributed by atoms with van der Waals surface area (Å²) in [4.78, 5) is 0. The third kappa shape index (κ3) is 10.8. The lowest BCUT2D eigenvalue weighted by Crippen LogP contribution is -2.12. The summed E-state index contributed by atoms with van der Waals surface area (Å²) in [5, 5.41) is 22.8. The van der Waals surface area contributed by atoms with Crippen molar-refractivity contribution in [2.24, 2.45) is 0 Å². The minimum atomic E-state index is -0.0140. The van der Waals surface area contributed by atoms with Gasteiger partial charge in [-0.3, -0.25) is 0 Å². The second-order valence-corrected chi connectivity index (χ2v) is 13.9. The quantitative estimate of drug-likeness (QED) is 0.0717. The molecule has 4 nitrogen and oxygen atoms in total. The van der Waals surface area contributed by atoms with E-state index in [1.807, 2.05) is 0 Å². The van der Waals surface area contributed by atoms with Crippen molar-refractivity contribution in [3.63, 3.8) is 0 Å². The first kappa shape index (κ1) is 38.1. The number of hydrogen-bond acceptors (Lipinski definition) is 4. The highest BCUT2D eigenvalue weighted by Gasteiger charge is 2.33. The van der Waals surface area contributed by atoms with E-state index < -0.39 is 0 Å². The molecule has 1 aliphatic heterocycles. The van der Waals surface area contributed by atoms with Crippen LogP contribution in [-0.4, -0.2) is 10.2 Å². The van der Waals surface area contributed by atoms with Crippen molar-refractivity contribution in [3.05, 3.63) is 33.9 Å². The van der Waals surface area contributed by atoms with Gasteiger partial charge in [0.05, 0.1) is 0 Å². The number of benzene rings is 2. The maximum absolute atomic E-state index is 11.4. The number of rotatable bonds is 25. The van der Waals surface area contributed by atoms with E-state index in [9.17, 15) is 10.2 Å². The maximum Gasteiger partial charge on any atom is 0.177 e. The van der Waals surface area contributed by atoms with Gasteiger partial charge in [0.15, 0.2) is 34.5 Å². The molecule has 0 saturated heterocycles. The Hall–Kier alpha value is -2.36. The number of phenolic OH excluding ortho intramolecular Hbond substituents is 2. The van der Waals surface area contributed by atoms with Crippen LogP contribution >= 0.6 is 0 Å². The van der Waals surface area contributed by atoms with Gasteiger partial charge in [-0.2, -0.15) is 0 Å². The molecule has 0 aliphatic carbocycles. The van der Waals surface area contributed by atoms with Crippen molar-refractivity contribution in [3.8, 4) is 34.5 Å². The standard InChI is InChI=1S/C42H68O4/c1-6-11-16-21-26-32-31-37-40(34(28-23-18-13-8-3)33(32)27-22-17-12-7-2)46-42-36(30-25-20-15-10-5)39(44)38(43)35(41(42)45-37)29-24-19-14-9-4/h31,43-44H,6-30H2,1-5H3. The van der Waals surface area contributed by atoms with Crippen LogP contribution in [0.2, 0.25) is 0 Å². The molecule has 0 atom stereocenters. The second-order valence-electron chi connectivity index (χ2n) is 13.9. The Morgan fingerprint density at radius 3 is 1.20 bits per heavy atom. The van der Waals surface area contributed by atoms with Gasteiger partial charge in [0.25, 0.3) is 0 Å². The van der Waals surface area contributed by atoms with Crippen molar-refractivity contribution in [1.82, 2.24) is 0 Å². The first-order valence-corrected chi connectivity index (χ1v) is 19.6. The second kappa shape index (κ2) is 21.5. The monoisotopic (exact) mass is 637 g/mol. The number of unbranched alkanes of at least 4 members (excludes halogenated alkanes) is 15. The summed E-state index contributed by atoms with van der Waals surface area (Å²) < 4.78 is 13.9. The third-order valence-electron chi connectivity index (χ3n) is 9.94. The van der Waals surface area contributed by atoms with Gasteiger partial charge in [-0.05, 0) is 81.4 Å². The van der Waals surface area contributed by atoms with E-state index in [1.54, 1.807) is 0 Å². The number of fused-ring (bicyclic) bond motifs is 2. The lowest BCUT2D eigenvalue weighted by Gasteiger charge is -2.30. The number of aryl methyl sites for hydroxylation is 1.